The third-order valence-electron chi connectivity index (χ3n) is 3.79. The molecule has 0 aromatic heterocycles. The molecule has 0 aliphatic carbocycles. The summed E-state index contributed by atoms with van der Waals surface area (Å²) in [4.78, 5) is 12.2. The Kier molecular flexibility index (Phi) is 5.47. The number of hydrogen-bond acceptors (Lipinski definition) is 3. The van der Waals surface area contributed by atoms with Gasteiger partial charge in [-0.3, -0.25) is 0 Å². The highest BCUT2D eigenvalue weighted by Crippen LogP contribution is 2.17. The summed E-state index contributed by atoms with van der Waals surface area (Å²) in [7, 11) is 0. The molecule has 0 unspecified atom stereocenters. The van der Waals surface area contributed by atoms with Crippen LogP contribution in [0.5, 0.6) is 11.5 Å². The van der Waals surface area contributed by atoms with Gasteiger partial charge in [0.05, 0.1) is 12.2 Å². The second-order valence-corrected chi connectivity index (χ2v) is 5.81. The molecule has 0 fully saturated rings. The number of carbonyl (C=O) groups is 1. The van der Waals surface area contributed by atoms with E-state index in [0.717, 1.165) is 17.7 Å². The molecule has 126 valence electrons. The summed E-state index contributed by atoms with van der Waals surface area (Å²) in [6.07, 6.45) is 0.845. The normalized spacial score (nSPS) is 10.3. The minimum Gasteiger partial charge on any atom is -0.493 e. The standard InChI is InChI=1S/C22H20O3/c1-17-6-5-9-21(16-17)25-22(23)19-10-12-20(13-11-19)24-15-14-18-7-3-2-4-8-18/h2-13,16H,14-15H2,1H3. The van der Waals surface area contributed by atoms with E-state index in [1.807, 2.05) is 43.3 Å². The van der Waals surface area contributed by atoms with Crippen molar-refractivity contribution in [1.82, 2.24) is 0 Å². The quantitative estimate of drug-likeness (QED) is 0.479. The monoisotopic (exact) mass is 332 g/mol. The van der Waals surface area contributed by atoms with Gasteiger partial charge in [0.15, 0.2) is 0 Å². The van der Waals surface area contributed by atoms with Gasteiger partial charge in [0.1, 0.15) is 11.5 Å². The lowest BCUT2D eigenvalue weighted by Gasteiger charge is -2.08. The molecule has 0 saturated heterocycles. The highest BCUT2D eigenvalue weighted by atomic mass is 16.5. The van der Waals surface area contributed by atoms with Crippen LogP contribution < -0.4 is 9.47 Å². The first-order chi connectivity index (χ1) is 12.2. The number of carbonyl (C=O) groups excluding carboxylic acids is 1. The van der Waals surface area contributed by atoms with Crippen LogP contribution in [-0.4, -0.2) is 12.6 Å². The van der Waals surface area contributed by atoms with Crippen molar-refractivity contribution in [3.8, 4) is 11.5 Å². The zero-order valence-corrected chi connectivity index (χ0v) is 14.1. The molecule has 0 heterocycles. The summed E-state index contributed by atoms with van der Waals surface area (Å²) in [5.41, 5.74) is 2.78. The number of ether oxygens (including phenoxy) is 2. The third kappa shape index (κ3) is 4.95. The van der Waals surface area contributed by atoms with Crippen molar-refractivity contribution in [3.05, 3.63) is 95.6 Å². The maximum absolute atomic E-state index is 12.2. The van der Waals surface area contributed by atoms with Crippen LogP contribution in [0.4, 0.5) is 0 Å². The number of rotatable bonds is 6. The maximum Gasteiger partial charge on any atom is 0.343 e. The Labute approximate surface area is 147 Å². The summed E-state index contributed by atoms with van der Waals surface area (Å²) in [6.45, 7) is 2.55. The summed E-state index contributed by atoms with van der Waals surface area (Å²) in [5.74, 6) is 0.914. The SMILES string of the molecule is Cc1cccc(OC(=O)c2ccc(OCCc3ccccc3)cc2)c1. The zero-order valence-electron chi connectivity index (χ0n) is 14.1. The fourth-order valence-electron chi connectivity index (χ4n) is 2.46. The molecule has 0 amide bonds. The van der Waals surface area contributed by atoms with Crippen LogP contribution in [0.1, 0.15) is 21.5 Å². The molecule has 25 heavy (non-hydrogen) atoms. The van der Waals surface area contributed by atoms with E-state index < -0.39 is 0 Å². The minimum absolute atomic E-state index is 0.374. The van der Waals surface area contributed by atoms with Crippen LogP contribution in [0.3, 0.4) is 0 Å². The Morgan fingerprint density at radius 3 is 2.32 bits per heavy atom. The van der Waals surface area contributed by atoms with E-state index >= 15 is 0 Å². The second kappa shape index (κ2) is 8.15. The molecule has 0 saturated carbocycles. The predicted molar refractivity (Wildman–Crippen MR) is 98.2 cm³/mol. The average Bonchev–Trinajstić information content (AvgIpc) is 2.63. The third-order valence-corrected chi connectivity index (χ3v) is 3.79. The zero-order chi connectivity index (χ0) is 17.5. The van der Waals surface area contributed by atoms with Gasteiger partial charge in [-0.1, -0.05) is 42.5 Å². The van der Waals surface area contributed by atoms with Crippen molar-refractivity contribution in [2.75, 3.05) is 6.61 Å². The molecule has 0 N–H and O–H groups in total. The number of esters is 1. The molecule has 0 spiro atoms. The van der Waals surface area contributed by atoms with Crippen LogP contribution in [-0.2, 0) is 6.42 Å². The fourth-order valence-corrected chi connectivity index (χ4v) is 2.46. The highest BCUT2D eigenvalue weighted by Gasteiger charge is 2.09. The van der Waals surface area contributed by atoms with Crippen LogP contribution in [0.2, 0.25) is 0 Å². The van der Waals surface area contributed by atoms with Crippen molar-refractivity contribution in [2.45, 2.75) is 13.3 Å². The Morgan fingerprint density at radius 2 is 1.60 bits per heavy atom. The number of benzene rings is 3. The van der Waals surface area contributed by atoms with Crippen molar-refractivity contribution < 1.29 is 14.3 Å². The molecule has 0 aliphatic rings. The summed E-state index contributed by atoms with van der Waals surface area (Å²) in [6, 6.07) is 24.6. The number of aryl methyl sites for hydroxylation is 1. The van der Waals surface area contributed by atoms with Gasteiger partial charge >= 0.3 is 5.97 Å². The van der Waals surface area contributed by atoms with E-state index in [1.54, 1.807) is 30.3 Å². The largest absolute Gasteiger partial charge is 0.493 e. The molecular weight excluding hydrogens is 312 g/mol. The summed E-state index contributed by atoms with van der Waals surface area (Å²) < 4.78 is 11.1. The van der Waals surface area contributed by atoms with E-state index in [2.05, 4.69) is 12.1 Å². The van der Waals surface area contributed by atoms with Gasteiger partial charge in [-0.05, 0) is 54.4 Å². The van der Waals surface area contributed by atoms with Crippen molar-refractivity contribution in [1.29, 1.82) is 0 Å². The van der Waals surface area contributed by atoms with Crippen LogP contribution in [0.15, 0.2) is 78.9 Å². The lowest BCUT2D eigenvalue weighted by molar-refractivity contribution is 0.0734. The van der Waals surface area contributed by atoms with E-state index in [-0.39, 0.29) is 5.97 Å². The predicted octanol–water partition coefficient (Wildman–Crippen LogP) is 4.84. The molecule has 3 aromatic carbocycles. The van der Waals surface area contributed by atoms with E-state index in [0.29, 0.717) is 17.9 Å². The lowest BCUT2D eigenvalue weighted by atomic mass is 10.2. The summed E-state index contributed by atoms with van der Waals surface area (Å²) in [5, 5.41) is 0. The van der Waals surface area contributed by atoms with Gasteiger partial charge in [-0.2, -0.15) is 0 Å². The fraction of sp³-hybridized carbons (Fsp3) is 0.136. The first-order valence-electron chi connectivity index (χ1n) is 8.26. The lowest BCUT2D eigenvalue weighted by Crippen LogP contribution is -2.08. The van der Waals surface area contributed by atoms with E-state index in [1.165, 1.54) is 5.56 Å². The van der Waals surface area contributed by atoms with Gasteiger partial charge in [-0.15, -0.1) is 0 Å². The minimum atomic E-state index is -0.374. The molecular formula is C22H20O3. The van der Waals surface area contributed by atoms with Gasteiger partial charge in [-0.25, -0.2) is 4.79 Å². The molecule has 3 heteroatoms. The molecule has 0 bridgehead atoms. The van der Waals surface area contributed by atoms with Crippen LogP contribution >= 0.6 is 0 Å². The average molecular weight is 332 g/mol. The first kappa shape index (κ1) is 16.8. The Morgan fingerprint density at radius 1 is 0.840 bits per heavy atom. The second-order valence-electron chi connectivity index (χ2n) is 5.81. The molecule has 3 rings (SSSR count). The van der Waals surface area contributed by atoms with Crippen molar-refractivity contribution >= 4 is 5.97 Å². The van der Waals surface area contributed by atoms with Gasteiger partial charge < -0.3 is 9.47 Å². The van der Waals surface area contributed by atoms with Crippen LogP contribution in [0, 0.1) is 6.92 Å². The highest BCUT2D eigenvalue weighted by molar-refractivity contribution is 5.91. The molecule has 3 aromatic rings. The van der Waals surface area contributed by atoms with E-state index in [4.69, 9.17) is 9.47 Å². The molecule has 0 radical (unpaired) electrons. The van der Waals surface area contributed by atoms with E-state index in [9.17, 15) is 4.79 Å². The van der Waals surface area contributed by atoms with Gasteiger partial charge in [0.2, 0.25) is 0 Å². The molecule has 0 atom stereocenters. The topological polar surface area (TPSA) is 35.5 Å². The Hall–Kier alpha value is -3.07. The summed E-state index contributed by atoms with van der Waals surface area (Å²) >= 11 is 0. The van der Waals surface area contributed by atoms with Crippen molar-refractivity contribution in [2.24, 2.45) is 0 Å². The Balaban J connectivity index is 1.53. The smallest absolute Gasteiger partial charge is 0.343 e. The van der Waals surface area contributed by atoms with Crippen molar-refractivity contribution in [3.63, 3.8) is 0 Å². The molecule has 0 aliphatic heterocycles. The van der Waals surface area contributed by atoms with Crippen LogP contribution in [0.25, 0.3) is 0 Å². The van der Waals surface area contributed by atoms with Gasteiger partial charge in [0, 0.05) is 6.42 Å². The first-order valence-corrected chi connectivity index (χ1v) is 8.26. The maximum atomic E-state index is 12.2. The Bertz CT molecular complexity index is 823. The number of hydrogen-bond donors (Lipinski definition) is 0. The molecule has 3 nitrogen and oxygen atoms in total. The van der Waals surface area contributed by atoms with Gasteiger partial charge in [0.25, 0.3) is 0 Å².